The fraction of sp³-hybridized carbons (Fsp3) is 0.579. The van der Waals surface area contributed by atoms with Gasteiger partial charge in [0.15, 0.2) is 5.96 Å². The summed E-state index contributed by atoms with van der Waals surface area (Å²) >= 11 is 0. The van der Waals surface area contributed by atoms with Gasteiger partial charge in [-0.05, 0) is 44.6 Å². The lowest BCUT2D eigenvalue weighted by Gasteiger charge is -2.15. The zero-order valence-corrected chi connectivity index (χ0v) is 16.0. The molecule has 1 unspecified atom stereocenters. The van der Waals surface area contributed by atoms with Gasteiger partial charge in [-0.15, -0.1) is 0 Å². The van der Waals surface area contributed by atoms with Crippen LogP contribution in [-0.4, -0.2) is 70.3 Å². The molecule has 0 aromatic heterocycles. The molecule has 1 atom stereocenters. The van der Waals surface area contributed by atoms with E-state index in [2.05, 4.69) is 20.9 Å². The summed E-state index contributed by atoms with van der Waals surface area (Å²) in [5.41, 5.74) is 1.70. The Kier molecular flexibility index (Phi) is 8.37. The minimum Gasteiger partial charge on any atom is -0.376 e. The Morgan fingerprint density at radius 2 is 2.15 bits per heavy atom. The van der Waals surface area contributed by atoms with E-state index >= 15 is 0 Å². The van der Waals surface area contributed by atoms with Gasteiger partial charge in [-0.25, -0.2) is 0 Å². The molecule has 1 aromatic rings. The first kappa shape index (κ1) is 20.2. The molecule has 7 heteroatoms. The van der Waals surface area contributed by atoms with Crippen molar-refractivity contribution in [3.8, 4) is 0 Å². The maximum absolute atomic E-state index is 12.2. The van der Waals surface area contributed by atoms with Gasteiger partial charge < -0.3 is 25.6 Å². The molecule has 1 saturated heterocycles. The van der Waals surface area contributed by atoms with Crippen LogP contribution >= 0.6 is 0 Å². The second-order valence-corrected chi connectivity index (χ2v) is 6.70. The summed E-state index contributed by atoms with van der Waals surface area (Å²) in [5, 5.41) is 9.50. The van der Waals surface area contributed by atoms with Crippen molar-refractivity contribution in [3.05, 3.63) is 35.4 Å². The lowest BCUT2D eigenvalue weighted by Crippen LogP contribution is -2.40. The number of aliphatic imine (C=N–C) groups is 1. The first-order valence-electron chi connectivity index (χ1n) is 9.16. The van der Waals surface area contributed by atoms with Gasteiger partial charge in [-0.3, -0.25) is 9.79 Å². The number of ether oxygens (including phenoxy) is 1. The molecular weight excluding hydrogens is 330 g/mol. The van der Waals surface area contributed by atoms with E-state index < -0.39 is 0 Å². The quantitative estimate of drug-likeness (QED) is 0.472. The zero-order chi connectivity index (χ0) is 18.8. The predicted molar refractivity (Wildman–Crippen MR) is 105 cm³/mol. The van der Waals surface area contributed by atoms with Crippen molar-refractivity contribution < 1.29 is 9.53 Å². The van der Waals surface area contributed by atoms with Crippen molar-refractivity contribution in [2.75, 3.05) is 47.4 Å². The number of guanidine groups is 1. The Labute approximate surface area is 156 Å². The van der Waals surface area contributed by atoms with Gasteiger partial charge in [0.2, 0.25) is 0 Å². The molecule has 1 aromatic carbocycles. The normalized spacial score (nSPS) is 17.4. The number of rotatable bonds is 8. The van der Waals surface area contributed by atoms with Gasteiger partial charge in [0.1, 0.15) is 0 Å². The van der Waals surface area contributed by atoms with Crippen molar-refractivity contribution in [2.24, 2.45) is 4.99 Å². The van der Waals surface area contributed by atoms with Crippen LogP contribution in [0.1, 0.15) is 28.8 Å². The maximum Gasteiger partial charge on any atom is 0.251 e. The predicted octanol–water partition coefficient (Wildman–Crippen LogP) is 0.822. The van der Waals surface area contributed by atoms with Crippen LogP contribution in [-0.2, 0) is 11.3 Å². The summed E-state index contributed by atoms with van der Waals surface area (Å²) in [6, 6.07) is 7.64. The number of amides is 1. The summed E-state index contributed by atoms with van der Waals surface area (Å²) in [6.07, 6.45) is 2.49. The highest BCUT2D eigenvalue weighted by Gasteiger charge is 2.15. The standard InChI is InChI=1S/C19H31N5O2/c1-20-19(23-14-17-8-5-11-26-17)22-13-15-6-4-7-16(12-15)18(25)21-9-10-24(2)3/h4,6-7,12,17H,5,8-11,13-14H2,1-3H3,(H,21,25)(H2,20,22,23). The van der Waals surface area contributed by atoms with E-state index in [1.165, 1.54) is 0 Å². The van der Waals surface area contributed by atoms with Gasteiger partial charge in [-0.1, -0.05) is 12.1 Å². The Morgan fingerprint density at radius 3 is 2.85 bits per heavy atom. The second-order valence-electron chi connectivity index (χ2n) is 6.70. The van der Waals surface area contributed by atoms with E-state index in [9.17, 15) is 4.79 Å². The summed E-state index contributed by atoms with van der Waals surface area (Å²) < 4.78 is 5.61. The molecule has 0 saturated carbocycles. The average Bonchev–Trinajstić information content (AvgIpc) is 3.15. The van der Waals surface area contributed by atoms with Crippen molar-refractivity contribution in [3.63, 3.8) is 0 Å². The number of nitrogens with one attached hydrogen (secondary N) is 3. The third-order valence-corrected chi connectivity index (χ3v) is 4.24. The maximum atomic E-state index is 12.2. The highest BCUT2D eigenvalue weighted by atomic mass is 16.5. The smallest absolute Gasteiger partial charge is 0.251 e. The molecule has 0 aliphatic carbocycles. The van der Waals surface area contributed by atoms with Crippen LogP contribution in [0.5, 0.6) is 0 Å². The third kappa shape index (κ3) is 7.01. The lowest BCUT2D eigenvalue weighted by atomic mass is 10.1. The number of hydrogen-bond acceptors (Lipinski definition) is 4. The number of nitrogens with zero attached hydrogens (tertiary/aromatic N) is 2. The molecule has 1 aliphatic heterocycles. The zero-order valence-electron chi connectivity index (χ0n) is 16.0. The summed E-state index contributed by atoms with van der Waals surface area (Å²) in [4.78, 5) is 18.5. The van der Waals surface area contributed by atoms with Crippen LogP contribution in [0.4, 0.5) is 0 Å². The number of carbonyl (C=O) groups is 1. The van der Waals surface area contributed by atoms with Crippen molar-refractivity contribution in [1.29, 1.82) is 0 Å². The first-order chi connectivity index (χ1) is 12.6. The Balaban J connectivity index is 1.80. The minimum atomic E-state index is -0.0467. The van der Waals surface area contributed by atoms with E-state index in [-0.39, 0.29) is 12.0 Å². The van der Waals surface area contributed by atoms with Crippen LogP contribution in [0.15, 0.2) is 29.3 Å². The van der Waals surface area contributed by atoms with Crippen molar-refractivity contribution in [1.82, 2.24) is 20.9 Å². The van der Waals surface area contributed by atoms with Gasteiger partial charge in [0.25, 0.3) is 5.91 Å². The van der Waals surface area contributed by atoms with E-state index in [1.807, 2.05) is 43.3 Å². The molecule has 2 rings (SSSR count). The Morgan fingerprint density at radius 1 is 1.31 bits per heavy atom. The summed E-state index contributed by atoms with van der Waals surface area (Å²) in [5.74, 6) is 0.691. The van der Waals surface area contributed by atoms with Crippen molar-refractivity contribution >= 4 is 11.9 Å². The monoisotopic (exact) mass is 361 g/mol. The molecule has 3 N–H and O–H groups in total. The molecule has 1 aliphatic rings. The van der Waals surface area contributed by atoms with E-state index in [0.29, 0.717) is 18.7 Å². The third-order valence-electron chi connectivity index (χ3n) is 4.24. The highest BCUT2D eigenvalue weighted by Crippen LogP contribution is 2.10. The first-order valence-corrected chi connectivity index (χ1v) is 9.16. The molecular formula is C19H31N5O2. The molecule has 7 nitrogen and oxygen atoms in total. The number of hydrogen-bond donors (Lipinski definition) is 3. The largest absolute Gasteiger partial charge is 0.376 e. The van der Waals surface area contributed by atoms with Crippen LogP contribution in [0.25, 0.3) is 0 Å². The van der Waals surface area contributed by atoms with Crippen molar-refractivity contribution in [2.45, 2.75) is 25.5 Å². The van der Waals surface area contributed by atoms with Crippen LogP contribution in [0, 0.1) is 0 Å². The topological polar surface area (TPSA) is 78.0 Å². The fourth-order valence-electron chi connectivity index (χ4n) is 2.74. The SMILES string of the molecule is CN=C(NCc1cccc(C(=O)NCCN(C)C)c1)NCC1CCCO1. The van der Waals surface area contributed by atoms with Crippen LogP contribution in [0.2, 0.25) is 0 Å². The van der Waals surface area contributed by atoms with Gasteiger partial charge in [-0.2, -0.15) is 0 Å². The Bertz CT molecular complexity index is 597. The van der Waals surface area contributed by atoms with Gasteiger partial charge in [0, 0.05) is 45.4 Å². The summed E-state index contributed by atoms with van der Waals surface area (Å²) in [6.45, 7) is 3.66. The van der Waals surface area contributed by atoms with Gasteiger partial charge in [0.05, 0.1) is 6.10 Å². The molecule has 1 heterocycles. The number of benzene rings is 1. The minimum absolute atomic E-state index is 0.0467. The molecule has 1 amide bonds. The molecule has 0 bridgehead atoms. The molecule has 144 valence electrons. The number of carbonyl (C=O) groups excluding carboxylic acids is 1. The molecule has 0 spiro atoms. The molecule has 1 fully saturated rings. The van der Waals surface area contributed by atoms with Gasteiger partial charge >= 0.3 is 0 Å². The number of likely N-dealkylation sites (N-methyl/N-ethyl adjacent to an activating group) is 1. The van der Waals surface area contributed by atoms with E-state index in [0.717, 1.165) is 44.1 Å². The van der Waals surface area contributed by atoms with E-state index in [4.69, 9.17) is 4.74 Å². The second kappa shape index (κ2) is 10.8. The van der Waals surface area contributed by atoms with Crippen LogP contribution < -0.4 is 16.0 Å². The van der Waals surface area contributed by atoms with E-state index in [1.54, 1.807) is 7.05 Å². The fourth-order valence-corrected chi connectivity index (χ4v) is 2.74. The lowest BCUT2D eigenvalue weighted by molar-refractivity contribution is 0.0951. The van der Waals surface area contributed by atoms with Crippen LogP contribution in [0.3, 0.4) is 0 Å². The Hall–Kier alpha value is -2.12. The summed E-state index contributed by atoms with van der Waals surface area (Å²) in [7, 11) is 5.72. The molecule has 26 heavy (non-hydrogen) atoms. The molecule has 0 radical (unpaired) electrons. The highest BCUT2D eigenvalue weighted by molar-refractivity contribution is 5.94. The average molecular weight is 361 g/mol.